The fourth-order valence-electron chi connectivity index (χ4n) is 2.62. The summed E-state index contributed by atoms with van der Waals surface area (Å²) < 4.78 is 11.5. The summed E-state index contributed by atoms with van der Waals surface area (Å²) in [5, 5.41) is 14.2. The van der Waals surface area contributed by atoms with E-state index in [1.54, 1.807) is 20.4 Å². The fraction of sp³-hybridized carbons (Fsp3) is 0.167. The monoisotopic (exact) mass is 295 g/mol. The summed E-state index contributed by atoms with van der Waals surface area (Å²) in [6.45, 7) is 0. The van der Waals surface area contributed by atoms with E-state index in [2.05, 4.69) is 0 Å². The van der Waals surface area contributed by atoms with Gasteiger partial charge in [-0.05, 0) is 29.1 Å². The van der Waals surface area contributed by atoms with Crippen LogP contribution in [0.15, 0.2) is 54.7 Å². The normalized spacial score (nSPS) is 10.6. The highest BCUT2D eigenvalue weighted by atomic mass is 16.5. The summed E-state index contributed by atoms with van der Waals surface area (Å²) in [4.78, 5) is 0. The van der Waals surface area contributed by atoms with Gasteiger partial charge >= 0.3 is 0 Å². The number of pyridine rings is 1. The topological polar surface area (TPSA) is 45.4 Å². The van der Waals surface area contributed by atoms with Crippen molar-refractivity contribution in [3.05, 3.63) is 71.2 Å². The number of aromatic nitrogens is 1. The molecule has 0 amide bonds. The second-order valence-electron chi connectivity index (χ2n) is 5.04. The molecule has 3 rings (SSSR count). The molecule has 112 valence electrons. The van der Waals surface area contributed by atoms with Gasteiger partial charge in [-0.2, -0.15) is 4.73 Å². The first-order valence-corrected chi connectivity index (χ1v) is 7.03. The maximum absolute atomic E-state index is 12.2. The number of hydrogen-bond donors (Lipinski definition) is 0. The fourth-order valence-corrected chi connectivity index (χ4v) is 2.62. The lowest BCUT2D eigenvalue weighted by atomic mass is 10.0. The summed E-state index contributed by atoms with van der Waals surface area (Å²) in [6.07, 6.45) is 2.09. The third-order valence-corrected chi connectivity index (χ3v) is 3.75. The zero-order valence-corrected chi connectivity index (χ0v) is 12.6. The Balaban J connectivity index is 2.05. The summed E-state index contributed by atoms with van der Waals surface area (Å²) >= 11 is 0. The van der Waals surface area contributed by atoms with E-state index in [9.17, 15) is 5.21 Å². The second-order valence-corrected chi connectivity index (χ2v) is 5.04. The maximum Gasteiger partial charge on any atom is 0.204 e. The maximum atomic E-state index is 12.2. The molecule has 1 aromatic heterocycles. The SMILES string of the molecule is COc1ccc(Cc2c3ccccc3cc[n+]2[O-])cc1OC. The molecule has 4 nitrogen and oxygen atoms in total. The van der Waals surface area contributed by atoms with Crippen molar-refractivity contribution in [3.63, 3.8) is 0 Å². The van der Waals surface area contributed by atoms with E-state index in [0.717, 1.165) is 26.8 Å². The Kier molecular flexibility index (Phi) is 3.83. The molecule has 0 unspecified atom stereocenters. The Hall–Kier alpha value is -2.75. The first-order valence-electron chi connectivity index (χ1n) is 7.03. The molecular weight excluding hydrogens is 278 g/mol. The third-order valence-electron chi connectivity index (χ3n) is 3.75. The average Bonchev–Trinajstić information content (AvgIpc) is 2.57. The van der Waals surface area contributed by atoms with Crippen LogP contribution in [0.5, 0.6) is 11.5 Å². The smallest absolute Gasteiger partial charge is 0.204 e. The van der Waals surface area contributed by atoms with E-state index in [1.165, 1.54) is 0 Å². The molecule has 0 aliphatic carbocycles. The lowest BCUT2D eigenvalue weighted by Crippen LogP contribution is -2.31. The molecule has 0 radical (unpaired) electrons. The van der Waals surface area contributed by atoms with Crippen molar-refractivity contribution in [2.24, 2.45) is 0 Å². The molecule has 4 heteroatoms. The van der Waals surface area contributed by atoms with Crippen molar-refractivity contribution in [1.29, 1.82) is 0 Å². The molecule has 0 spiro atoms. The Bertz CT molecular complexity index is 815. The summed E-state index contributed by atoms with van der Waals surface area (Å²) in [6, 6.07) is 15.4. The van der Waals surface area contributed by atoms with Crippen molar-refractivity contribution < 1.29 is 14.2 Å². The molecule has 22 heavy (non-hydrogen) atoms. The first-order chi connectivity index (χ1) is 10.7. The van der Waals surface area contributed by atoms with Crippen LogP contribution in [0.2, 0.25) is 0 Å². The van der Waals surface area contributed by atoms with Crippen LogP contribution in [0.1, 0.15) is 11.3 Å². The summed E-state index contributed by atoms with van der Waals surface area (Å²) in [5.74, 6) is 1.34. The second kappa shape index (κ2) is 5.93. The van der Waals surface area contributed by atoms with Gasteiger partial charge in [0.2, 0.25) is 5.69 Å². The summed E-state index contributed by atoms with van der Waals surface area (Å²) in [5.41, 5.74) is 1.73. The van der Waals surface area contributed by atoms with Crippen molar-refractivity contribution in [2.45, 2.75) is 6.42 Å². The van der Waals surface area contributed by atoms with Crippen molar-refractivity contribution in [3.8, 4) is 11.5 Å². The third kappa shape index (κ3) is 2.55. The minimum absolute atomic E-state index is 0.533. The first kappa shape index (κ1) is 14.2. The molecule has 0 aliphatic rings. The highest BCUT2D eigenvalue weighted by molar-refractivity contribution is 5.83. The van der Waals surface area contributed by atoms with Gasteiger partial charge in [0.05, 0.1) is 26.0 Å². The molecule has 0 N–H and O–H groups in total. The predicted octanol–water partition coefficient (Wildman–Crippen LogP) is 3.08. The molecule has 0 atom stereocenters. The Labute approximate surface area is 129 Å². The van der Waals surface area contributed by atoms with Gasteiger partial charge in [-0.3, -0.25) is 0 Å². The number of hydrogen-bond acceptors (Lipinski definition) is 3. The van der Waals surface area contributed by atoms with Crippen LogP contribution in [0.4, 0.5) is 0 Å². The predicted molar refractivity (Wildman–Crippen MR) is 85.3 cm³/mol. The number of benzene rings is 2. The number of rotatable bonds is 4. The number of nitrogens with zero attached hydrogens (tertiary/aromatic N) is 1. The van der Waals surface area contributed by atoms with Crippen molar-refractivity contribution in [1.82, 2.24) is 0 Å². The van der Waals surface area contributed by atoms with Crippen LogP contribution in [0.25, 0.3) is 10.8 Å². The van der Waals surface area contributed by atoms with E-state index < -0.39 is 0 Å². The lowest BCUT2D eigenvalue weighted by molar-refractivity contribution is -0.611. The lowest BCUT2D eigenvalue weighted by Gasteiger charge is -2.11. The summed E-state index contributed by atoms with van der Waals surface area (Å²) in [7, 11) is 3.21. The Morgan fingerprint density at radius 1 is 0.955 bits per heavy atom. The van der Waals surface area contributed by atoms with Crippen LogP contribution >= 0.6 is 0 Å². The van der Waals surface area contributed by atoms with Crippen LogP contribution in [-0.4, -0.2) is 14.2 Å². The van der Waals surface area contributed by atoms with E-state index in [-0.39, 0.29) is 0 Å². The highest BCUT2D eigenvalue weighted by Crippen LogP contribution is 2.29. The average molecular weight is 295 g/mol. The Morgan fingerprint density at radius 2 is 1.73 bits per heavy atom. The number of ether oxygens (including phenoxy) is 2. The molecular formula is C18H17NO3. The van der Waals surface area contributed by atoms with E-state index in [1.807, 2.05) is 48.5 Å². The van der Waals surface area contributed by atoms with Gasteiger partial charge in [0.25, 0.3) is 0 Å². The zero-order chi connectivity index (χ0) is 15.5. The van der Waals surface area contributed by atoms with Gasteiger partial charge in [0, 0.05) is 6.07 Å². The number of fused-ring (bicyclic) bond motifs is 1. The number of methoxy groups -OCH3 is 2. The molecule has 3 aromatic rings. The molecule has 0 bridgehead atoms. The van der Waals surface area contributed by atoms with Gasteiger partial charge in [-0.15, -0.1) is 0 Å². The minimum atomic E-state index is 0.533. The molecule has 0 aliphatic heterocycles. The zero-order valence-electron chi connectivity index (χ0n) is 12.6. The van der Waals surface area contributed by atoms with E-state index in [4.69, 9.17) is 9.47 Å². The van der Waals surface area contributed by atoms with Gasteiger partial charge < -0.3 is 14.7 Å². The molecule has 2 aromatic carbocycles. The van der Waals surface area contributed by atoms with Crippen molar-refractivity contribution in [2.75, 3.05) is 14.2 Å². The van der Waals surface area contributed by atoms with E-state index >= 15 is 0 Å². The van der Waals surface area contributed by atoms with Crippen LogP contribution < -0.4 is 14.2 Å². The molecule has 0 saturated heterocycles. The largest absolute Gasteiger partial charge is 0.618 e. The highest BCUT2D eigenvalue weighted by Gasteiger charge is 2.13. The van der Waals surface area contributed by atoms with Crippen LogP contribution in [0, 0.1) is 5.21 Å². The standard InChI is InChI=1S/C18H17NO3/c1-21-17-8-7-13(12-18(17)22-2)11-16-15-6-4-3-5-14(15)9-10-19(16)20/h3-10,12H,11H2,1-2H3. The van der Waals surface area contributed by atoms with Gasteiger partial charge in [0.1, 0.15) is 0 Å². The minimum Gasteiger partial charge on any atom is -0.618 e. The van der Waals surface area contributed by atoms with Gasteiger partial charge in [0.15, 0.2) is 17.7 Å². The van der Waals surface area contributed by atoms with E-state index in [0.29, 0.717) is 17.9 Å². The van der Waals surface area contributed by atoms with Crippen molar-refractivity contribution >= 4 is 10.8 Å². The van der Waals surface area contributed by atoms with Gasteiger partial charge in [-0.1, -0.05) is 24.3 Å². The molecule has 0 fully saturated rings. The van der Waals surface area contributed by atoms with Crippen LogP contribution in [-0.2, 0) is 6.42 Å². The van der Waals surface area contributed by atoms with Gasteiger partial charge in [-0.25, -0.2) is 0 Å². The van der Waals surface area contributed by atoms with Crippen LogP contribution in [0.3, 0.4) is 0 Å². The quantitative estimate of drug-likeness (QED) is 0.549. The molecule has 0 saturated carbocycles. The Morgan fingerprint density at radius 3 is 2.50 bits per heavy atom. The molecule has 1 heterocycles.